The van der Waals surface area contributed by atoms with Gasteiger partial charge in [0, 0.05) is 25.2 Å². The highest BCUT2D eigenvalue weighted by atomic mass is 35.5. The molecule has 1 fully saturated rings. The van der Waals surface area contributed by atoms with E-state index < -0.39 is 20.5 Å². The lowest BCUT2D eigenvalue weighted by molar-refractivity contribution is 0.0722. The van der Waals surface area contributed by atoms with E-state index in [0.29, 0.717) is 24.2 Å². The highest BCUT2D eigenvalue weighted by Crippen LogP contribution is 2.40. The van der Waals surface area contributed by atoms with Gasteiger partial charge in [-0.3, -0.25) is 4.98 Å². The summed E-state index contributed by atoms with van der Waals surface area (Å²) in [5, 5.41) is 20.4. The number of pyridine rings is 1. The van der Waals surface area contributed by atoms with Gasteiger partial charge in [-0.25, -0.2) is 9.78 Å². The molecule has 10 nitrogen and oxygen atoms in total. The van der Waals surface area contributed by atoms with Crippen molar-refractivity contribution in [1.82, 2.24) is 24.9 Å². The molecule has 4 heterocycles. The van der Waals surface area contributed by atoms with Gasteiger partial charge < -0.3 is 25.1 Å². The van der Waals surface area contributed by atoms with Crippen LogP contribution in [0.4, 0.5) is 22.1 Å². The zero-order chi connectivity index (χ0) is 26.3. The van der Waals surface area contributed by atoms with Crippen LogP contribution in [0.15, 0.2) is 36.8 Å². The van der Waals surface area contributed by atoms with E-state index in [1.54, 1.807) is 29.2 Å². The number of carbonyl (C=O) groups is 1. The maximum absolute atomic E-state index is 11.7. The molecule has 3 atom stereocenters. The number of imidazole rings is 1. The Kier molecular flexibility index (Phi) is 7.18. The van der Waals surface area contributed by atoms with Crippen LogP contribution in [0.25, 0.3) is 5.52 Å². The van der Waals surface area contributed by atoms with E-state index in [-0.39, 0.29) is 17.1 Å². The minimum Gasteiger partial charge on any atom is -0.465 e. The van der Waals surface area contributed by atoms with Crippen LogP contribution < -0.4 is 15.5 Å². The Bertz CT molecular complexity index is 1250. The molecule has 1 saturated heterocycles. The van der Waals surface area contributed by atoms with Gasteiger partial charge in [0.2, 0.25) is 5.95 Å². The fourth-order valence-corrected chi connectivity index (χ4v) is 5.86. The Morgan fingerprint density at radius 1 is 1.22 bits per heavy atom. The zero-order valence-corrected chi connectivity index (χ0v) is 23.2. The molecule has 12 heteroatoms. The number of hydrogen-bond donors (Lipinski definition) is 3. The summed E-state index contributed by atoms with van der Waals surface area (Å²) in [5.74, 6) is 0.588. The van der Waals surface area contributed by atoms with E-state index in [9.17, 15) is 9.90 Å². The molecule has 0 saturated carbocycles. The number of anilines is 3. The van der Waals surface area contributed by atoms with Crippen molar-refractivity contribution in [2.24, 2.45) is 5.92 Å². The summed E-state index contributed by atoms with van der Waals surface area (Å²) in [7, 11) is -2.12. The quantitative estimate of drug-likeness (QED) is 0.380. The molecule has 0 spiro atoms. The molecule has 0 radical (unpaired) electrons. The third-order valence-corrected chi connectivity index (χ3v) is 11.8. The summed E-state index contributed by atoms with van der Waals surface area (Å²) in [4.78, 5) is 22.6. The highest BCUT2D eigenvalue weighted by molar-refractivity contribution is 6.74. The molecule has 0 unspecified atom stereocenters. The van der Waals surface area contributed by atoms with E-state index in [2.05, 4.69) is 71.4 Å². The molecule has 3 N–H and O–H groups in total. The largest absolute Gasteiger partial charge is 0.465 e. The van der Waals surface area contributed by atoms with Crippen LogP contribution in [0.5, 0.6) is 0 Å². The van der Waals surface area contributed by atoms with Crippen LogP contribution in [-0.4, -0.2) is 64.3 Å². The highest BCUT2D eigenvalue weighted by Gasteiger charge is 2.45. The van der Waals surface area contributed by atoms with Crippen molar-refractivity contribution < 1.29 is 14.3 Å². The maximum Gasteiger partial charge on any atom is 0.405 e. The second-order valence-electron chi connectivity index (χ2n) is 10.9. The van der Waals surface area contributed by atoms with E-state index in [0.717, 1.165) is 16.9 Å². The molecule has 1 aliphatic heterocycles. The van der Waals surface area contributed by atoms with Crippen molar-refractivity contribution >= 4 is 48.9 Å². The first-order valence-corrected chi connectivity index (χ1v) is 15.3. The lowest BCUT2D eigenvalue weighted by atomic mass is 9.92. The Morgan fingerprint density at radius 2 is 1.97 bits per heavy atom. The molecule has 1 amide bonds. The van der Waals surface area contributed by atoms with Crippen molar-refractivity contribution in [3.05, 3.63) is 41.9 Å². The van der Waals surface area contributed by atoms with Crippen LogP contribution in [0.3, 0.4) is 0 Å². The molecular weight excluding hydrogens is 498 g/mol. The Balaban J connectivity index is 1.62. The van der Waals surface area contributed by atoms with Gasteiger partial charge in [-0.15, -0.1) is 0 Å². The number of amides is 1. The minimum absolute atomic E-state index is 0.0176. The number of carboxylic acid groups (broad SMARTS) is 1. The molecule has 0 aliphatic carbocycles. The number of piperidine rings is 1. The molecule has 3 aromatic rings. The Hall–Kier alpha value is -2.89. The third-order valence-electron chi connectivity index (χ3n) is 7.17. The number of aromatic nitrogens is 4. The summed E-state index contributed by atoms with van der Waals surface area (Å²) in [6, 6.07) is 5.08. The second-order valence-corrected chi connectivity index (χ2v) is 16.0. The normalized spacial score (nSPS) is 21.0. The van der Waals surface area contributed by atoms with Crippen molar-refractivity contribution in [1.29, 1.82) is 0 Å². The van der Waals surface area contributed by atoms with Gasteiger partial charge >= 0.3 is 6.09 Å². The van der Waals surface area contributed by atoms with Crippen LogP contribution in [0.2, 0.25) is 23.3 Å². The number of hydrogen-bond acceptors (Lipinski definition) is 7. The summed E-state index contributed by atoms with van der Waals surface area (Å²) < 4.78 is 8.39. The lowest BCUT2D eigenvalue weighted by Gasteiger charge is -2.48. The van der Waals surface area contributed by atoms with Crippen molar-refractivity contribution in [3.63, 3.8) is 0 Å². The van der Waals surface area contributed by atoms with Crippen molar-refractivity contribution in [3.8, 4) is 0 Å². The molecule has 36 heavy (non-hydrogen) atoms. The van der Waals surface area contributed by atoms with Gasteiger partial charge in [-0.05, 0) is 36.3 Å². The van der Waals surface area contributed by atoms with Crippen molar-refractivity contribution in [2.75, 3.05) is 23.3 Å². The van der Waals surface area contributed by atoms with E-state index >= 15 is 0 Å². The standard InChI is InChI=1S/C24H34ClN7O3Si/c1-15-13-31(14-18(29-23(33)34)21(15)35-36(5,6)24(2,3)4)19-9-10-26-12-17(19)28-22-27-11-16-7-8-20(25)30-32(16)22/h7-12,15,18,21,29H,13-14H2,1-6H3,(H,27,28)(H,33,34)/t15-,18+,21+/m0/s1. The van der Waals surface area contributed by atoms with Crippen molar-refractivity contribution in [2.45, 2.75) is 58.0 Å². The van der Waals surface area contributed by atoms with Gasteiger partial charge in [0.15, 0.2) is 8.32 Å². The second kappa shape index (κ2) is 9.87. The summed E-state index contributed by atoms with van der Waals surface area (Å²) in [6.45, 7) is 14.2. The average Bonchev–Trinajstić information content (AvgIpc) is 3.17. The van der Waals surface area contributed by atoms with Gasteiger partial charge in [0.1, 0.15) is 5.15 Å². The number of nitrogens with zero attached hydrogens (tertiary/aromatic N) is 5. The van der Waals surface area contributed by atoms with Gasteiger partial charge in [-0.1, -0.05) is 39.3 Å². The van der Waals surface area contributed by atoms with Crippen LogP contribution in [0.1, 0.15) is 27.7 Å². The molecule has 1 aliphatic rings. The molecule has 194 valence electrons. The SMILES string of the molecule is C[C@H]1CN(c2ccncc2Nc2ncc3ccc(Cl)nn23)C[C@@H](NC(=O)O)[C@@H]1O[Si](C)(C)C(C)(C)C. The van der Waals surface area contributed by atoms with Gasteiger partial charge in [0.05, 0.1) is 41.4 Å². The smallest absolute Gasteiger partial charge is 0.405 e. The monoisotopic (exact) mass is 531 g/mol. The summed E-state index contributed by atoms with van der Waals surface area (Å²) in [5.41, 5.74) is 2.42. The first kappa shape index (κ1) is 26.2. The number of rotatable bonds is 6. The fourth-order valence-electron chi connectivity index (χ4n) is 4.29. The lowest BCUT2D eigenvalue weighted by Crippen LogP contribution is -2.62. The molecule has 3 aromatic heterocycles. The van der Waals surface area contributed by atoms with E-state index in [1.807, 2.05) is 12.1 Å². The van der Waals surface area contributed by atoms with Crippen LogP contribution in [-0.2, 0) is 4.43 Å². The number of fused-ring (bicyclic) bond motifs is 1. The third kappa shape index (κ3) is 5.42. The fraction of sp³-hybridized carbons (Fsp3) is 0.500. The summed E-state index contributed by atoms with van der Waals surface area (Å²) in [6.07, 6.45) is 3.88. The topological polar surface area (TPSA) is 117 Å². The maximum atomic E-state index is 11.7. The Labute approximate surface area is 217 Å². The minimum atomic E-state index is -2.12. The molecule has 0 aromatic carbocycles. The molecule has 0 bridgehead atoms. The van der Waals surface area contributed by atoms with E-state index in [1.165, 1.54) is 0 Å². The Morgan fingerprint density at radius 3 is 2.67 bits per heavy atom. The number of nitrogens with one attached hydrogen (secondary N) is 2. The number of halogens is 1. The predicted octanol–water partition coefficient (Wildman–Crippen LogP) is 5.00. The first-order valence-electron chi connectivity index (χ1n) is 12.0. The van der Waals surface area contributed by atoms with Crippen LogP contribution in [0, 0.1) is 5.92 Å². The zero-order valence-electron chi connectivity index (χ0n) is 21.5. The van der Waals surface area contributed by atoms with E-state index in [4.69, 9.17) is 16.0 Å². The van der Waals surface area contributed by atoms with Crippen LogP contribution >= 0.6 is 11.6 Å². The summed E-state index contributed by atoms with van der Waals surface area (Å²) >= 11 is 6.09. The first-order chi connectivity index (χ1) is 16.9. The predicted molar refractivity (Wildman–Crippen MR) is 144 cm³/mol. The average molecular weight is 532 g/mol. The van der Waals surface area contributed by atoms with Gasteiger partial charge in [0.25, 0.3) is 0 Å². The molecule has 4 rings (SSSR count). The molecular formula is C24H34ClN7O3Si. The van der Waals surface area contributed by atoms with Gasteiger partial charge in [-0.2, -0.15) is 9.61 Å².